The first-order chi connectivity index (χ1) is 11.3. The molecule has 0 N–H and O–H groups in total. The highest BCUT2D eigenvalue weighted by Gasteiger charge is 2.14. The van der Waals surface area contributed by atoms with Crippen LogP contribution in [0.2, 0.25) is 0 Å². The molecule has 124 valence electrons. The Labute approximate surface area is 138 Å². The van der Waals surface area contributed by atoms with Crippen molar-refractivity contribution in [1.29, 1.82) is 0 Å². The first-order valence-corrected chi connectivity index (χ1v) is 8.29. The van der Waals surface area contributed by atoms with Crippen LogP contribution in [0.3, 0.4) is 0 Å². The fraction of sp³-hybridized carbons (Fsp3) is 0.474. The number of hydrogen-bond acceptors (Lipinski definition) is 4. The largest absolute Gasteiger partial charge is 0.493 e. The van der Waals surface area contributed by atoms with E-state index >= 15 is 0 Å². The summed E-state index contributed by atoms with van der Waals surface area (Å²) in [5.41, 5.74) is 2.45. The smallest absolute Gasteiger partial charge is 0.119 e. The summed E-state index contributed by atoms with van der Waals surface area (Å²) in [5.74, 6) is 1.47. The van der Waals surface area contributed by atoms with Gasteiger partial charge in [0.2, 0.25) is 0 Å². The van der Waals surface area contributed by atoms with E-state index in [1.54, 1.807) is 12.5 Å². The zero-order valence-corrected chi connectivity index (χ0v) is 13.7. The molecule has 0 aliphatic carbocycles. The van der Waals surface area contributed by atoms with Crippen LogP contribution in [0.25, 0.3) is 0 Å². The maximum absolute atomic E-state index is 5.96. The molecule has 4 nitrogen and oxygen atoms in total. The van der Waals surface area contributed by atoms with Gasteiger partial charge in [-0.05, 0) is 43.7 Å². The highest BCUT2D eigenvalue weighted by molar-refractivity contribution is 5.28. The van der Waals surface area contributed by atoms with Crippen LogP contribution >= 0.6 is 0 Å². The van der Waals surface area contributed by atoms with Crippen molar-refractivity contribution >= 4 is 0 Å². The number of furan rings is 1. The molecule has 1 fully saturated rings. The lowest BCUT2D eigenvalue weighted by molar-refractivity contribution is 0.0352. The van der Waals surface area contributed by atoms with E-state index in [1.165, 1.54) is 17.5 Å². The van der Waals surface area contributed by atoms with Crippen molar-refractivity contribution in [2.75, 3.05) is 26.9 Å². The summed E-state index contributed by atoms with van der Waals surface area (Å²) in [7, 11) is 2.11. The third-order valence-corrected chi connectivity index (χ3v) is 4.12. The molecule has 0 bridgehead atoms. The predicted molar refractivity (Wildman–Crippen MR) is 89.4 cm³/mol. The van der Waals surface area contributed by atoms with Crippen LogP contribution in [-0.4, -0.2) is 31.8 Å². The van der Waals surface area contributed by atoms with E-state index in [1.807, 2.05) is 12.1 Å². The molecule has 0 radical (unpaired) electrons. The van der Waals surface area contributed by atoms with Crippen LogP contribution < -0.4 is 4.74 Å². The van der Waals surface area contributed by atoms with Gasteiger partial charge in [0, 0.05) is 31.2 Å². The van der Waals surface area contributed by atoms with E-state index in [0.717, 1.165) is 45.1 Å². The molecule has 4 heteroatoms. The quantitative estimate of drug-likeness (QED) is 0.780. The first kappa shape index (κ1) is 16.1. The van der Waals surface area contributed by atoms with E-state index < -0.39 is 0 Å². The van der Waals surface area contributed by atoms with Gasteiger partial charge >= 0.3 is 0 Å². The Morgan fingerprint density at radius 2 is 2.13 bits per heavy atom. The van der Waals surface area contributed by atoms with E-state index in [-0.39, 0.29) is 0 Å². The summed E-state index contributed by atoms with van der Waals surface area (Å²) in [5, 5.41) is 0. The molecule has 1 atom stereocenters. The van der Waals surface area contributed by atoms with Gasteiger partial charge in [0.15, 0.2) is 0 Å². The summed E-state index contributed by atoms with van der Waals surface area (Å²) in [6.07, 6.45) is 5.86. The fourth-order valence-electron chi connectivity index (χ4n) is 2.95. The van der Waals surface area contributed by atoms with Crippen LogP contribution in [0, 0.1) is 5.92 Å². The Kier molecular flexibility index (Phi) is 5.72. The Balaban J connectivity index is 1.50. The summed E-state index contributed by atoms with van der Waals surface area (Å²) >= 11 is 0. The van der Waals surface area contributed by atoms with Crippen LogP contribution in [-0.2, 0) is 17.8 Å². The third kappa shape index (κ3) is 5.12. The monoisotopic (exact) mass is 315 g/mol. The zero-order chi connectivity index (χ0) is 15.9. The van der Waals surface area contributed by atoms with Gasteiger partial charge in [-0.2, -0.15) is 0 Å². The predicted octanol–water partition coefficient (Wildman–Crippen LogP) is 3.72. The van der Waals surface area contributed by atoms with Crippen molar-refractivity contribution in [2.24, 2.45) is 5.92 Å². The SMILES string of the molecule is CN(Cc1ccoc1)Cc1cccc(OCC2CCCOC2)c1. The maximum atomic E-state index is 5.96. The molecular weight excluding hydrogens is 290 g/mol. The van der Waals surface area contributed by atoms with E-state index in [4.69, 9.17) is 13.9 Å². The zero-order valence-electron chi connectivity index (χ0n) is 13.7. The molecule has 1 aromatic carbocycles. The number of hydrogen-bond donors (Lipinski definition) is 0. The first-order valence-electron chi connectivity index (χ1n) is 8.29. The highest BCUT2D eigenvalue weighted by atomic mass is 16.5. The molecule has 1 aromatic heterocycles. The molecule has 0 saturated carbocycles. The molecular formula is C19H25NO3. The normalized spacial score (nSPS) is 18.3. The third-order valence-electron chi connectivity index (χ3n) is 4.12. The van der Waals surface area contributed by atoms with Crippen molar-refractivity contribution in [3.05, 3.63) is 54.0 Å². The van der Waals surface area contributed by atoms with Crippen LogP contribution in [0.4, 0.5) is 0 Å². The van der Waals surface area contributed by atoms with Gasteiger partial charge < -0.3 is 13.9 Å². The number of rotatable bonds is 7. The van der Waals surface area contributed by atoms with Crippen molar-refractivity contribution in [2.45, 2.75) is 25.9 Å². The summed E-state index contributed by atoms with van der Waals surface area (Å²) in [6, 6.07) is 10.4. The lowest BCUT2D eigenvalue weighted by Gasteiger charge is -2.22. The van der Waals surface area contributed by atoms with Gasteiger partial charge in [0.25, 0.3) is 0 Å². The molecule has 0 amide bonds. The summed E-state index contributed by atoms with van der Waals surface area (Å²) in [6.45, 7) is 4.23. The van der Waals surface area contributed by atoms with E-state index in [2.05, 4.69) is 30.1 Å². The van der Waals surface area contributed by atoms with Crippen molar-refractivity contribution < 1.29 is 13.9 Å². The molecule has 23 heavy (non-hydrogen) atoms. The molecule has 1 aliphatic rings. The average Bonchev–Trinajstić information content (AvgIpc) is 3.07. The molecule has 1 unspecified atom stereocenters. The second-order valence-corrected chi connectivity index (χ2v) is 6.35. The molecule has 2 heterocycles. The Bertz CT molecular complexity index is 576. The molecule has 1 saturated heterocycles. The summed E-state index contributed by atoms with van der Waals surface area (Å²) in [4.78, 5) is 2.26. The lowest BCUT2D eigenvalue weighted by Crippen LogP contribution is -2.23. The van der Waals surface area contributed by atoms with Crippen molar-refractivity contribution in [3.8, 4) is 5.75 Å². The van der Waals surface area contributed by atoms with Crippen LogP contribution in [0.5, 0.6) is 5.75 Å². The Hall–Kier alpha value is -1.78. The van der Waals surface area contributed by atoms with Gasteiger partial charge in [0.1, 0.15) is 5.75 Å². The molecule has 1 aliphatic heterocycles. The van der Waals surface area contributed by atoms with E-state index in [0.29, 0.717) is 5.92 Å². The minimum absolute atomic E-state index is 0.524. The number of nitrogens with zero attached hydrogens (tertiary/aromatic N) is 1. The Morgan fingerprint density at radius 1 is 1.22 bits per heavy atom. The van der Waals surface area contributed by atoms with Crippen LogP contribution in [0.1, 0.15) is 24.0 Å². The van der Waals surface area contributed by atoms with Gasteiger partial charge in [-0.15, -0.1) is 0 Å². The second kappa shape index (κ2) is 8.18. The minimum Gasteiger partial charge on any atom is -0.493 e. The average molecular weight is 315 g/mol. The van der Waals surface area contributed by atoms with Gasteiger partial charge in [-0.25, -0.2) is 0 Å². The molecule has 3 rings (SSSR count). The number of ether oxygens (including phenoxy) is 2. The van der Waals surface area contributed by atoms with Crippen molar-refractivity contribution in [1.82, 2.24) is 4.90 Å². The minimum atomic E-state index is 0.524. The van der Waals surface area contributed by atoms with E-state index in [9.17, 15) is 0 Å². The van der Waals surface area contributed by atoms with Gasteiger partial charge in [-0.1, -0.05) is 12.1 Å². The van der Waals surface area contributed by atoms with Crippen LogP contribution in [0.15, 0.2) is 47.3 Å². The molecule has 0 spiro atoms. The maximum Gasteiger partial charge on any atom is 0.119 e. The van der Waals surface area contributed by atoms with Gasteiger partial charge in [0.05, 0.1) is 25.7 Å². The summed E-state index contributed by atoms with van der Waals surface area (Å²) < 4.78 is 16.6. The molecule has 2 aromatic rings. The number of benzene rings is 1. The lowest BCUT2D eigenvalue weighted by atomic mass is 10.0. The standard InChI is InChI=1S/C19H25NO3/c1-20(12-17-7-9-22-13-17)11-16-4-2-6-19(10-16)23-15-18-5-3-8-21-14-18/h2,4,6-7,9-10,13,18H,3,5,8,11-12,14-15H2,1H3. The van der Waals surface area contributed by atoms with Crippen molar-refractivity contribution in [3.63, 3.8) is 0 Å². The Morgan fingerprint density at radius 3 is 2.91 bits per heavy atom. The second-order valence-electron chi connectivity index (χ2n) is 6.35. The highest BCUT2D eigenvalue weighted by Crippen LogP contribution is 2.19. The fourth-order valence-corrected chi connectivity index (χ4v) is 2.95. The van der Waals surface area contributed by atoms with Gasteiger partial charge in [-0.3, -0.25) is 4.90 Å². The topological polar surface area (TPSA) is 34.8 Å².